The van der Waals surface area contributed by atoms with Crippen molar-refractivity contribution in [3.63, 3.8) is 0 Å². The molecular formula is C35H40ClF3N8O4. The van der Waals surface area contributed by atoms with E-state index in [1.807, 2.05) is 26.0 Å². The van der Waals surface area contributed by atoms with Crippen LogP contribution in [0, 0.1) is 11.3 Å². The van der Waals surface area contributed by atoms with E-state index in [9.17, 15) is 27.6 Å². The highest BCUT2D eigenvalue weighted by molar-refractivity contribution is 6.35. The smallest absolute Gasteiger partial charge is 0.392 e. The normalized spacial score (nSPS) is 19.4. The van der Waals surface area contributed by atoms with Crippen LogP contribution in [-0.2, 0) is 15.1 Å². The van der Waals surface area contributed by atoms with Gasteiger partial charge in [-0.05, 0) is 73.6 Å². The maximum atomic E-state index is 13.5. The number of benzene rings is 2. The minimum absolute atomic E-state index is 0.0419. The molecule has 1 spiro atoms. The summed E-state index contributed by atoms with van der Waals surface area (Å²) in [6.07, 6.45) is -2.55. The molecule has 2 saturated heterocycles. The lowest BCUT2D eigenvalue weighted by Crippen LogP contribution is -2.44. The SMILES string of the molecule is CC(C)CNC(=O)C(=O)N1CCC2(CCN(C(=O)c3ccc(Nc4nc(NC5(c6ccc(Cl)cc6)CC5)nc(OCCC(F)(F)F)n4)cc3)C2)C1. The lowest BCUT2D eigenvalue weighted by Gasteiger charge is -2.24. The van der Waals surface area contributed by atoms with Crippen LogP contribution in [0.2, 0.25) is 5.02 Å². The Morgan fingerprint density at radius 3 is 2.20 bits per heavy atom. The first kappa shape index (κ1) is 36.1. The van der Waals surface area contributed by atoms with Crippen molar-refractivity contribution < 1.29 is 32.3 Å². The van der Waals surface area contributed by atoms with Crippen molar-refractivity contribution in [3.05, 3.63) is 64.7 Å². The van der Waals surface area contributed by atoms with Crippen molar-refractivity contribution >= 4 is 46.9 Å². The first-order valence-electron chi connectivity index (χ1n) is 16.9. The highest BCUT2D eigenvalue weighted by Crippen LogP contribution is 2.48. The number of hydrogen-bond donors (Lipinski definition) is 3. The molecule has 6 rings (SSSR count). The van der Waals surface area contributed by atoms with E-state index in [4.69, 9.17) is 16.3 Å². The van der Waals surface area contributed by atoms with Gasteiger partial charge in [-0.3, -0.25) is 14.4 Å². The molecule has 1 unspecified atom stereocenters. The fraction of sp³-hybridized carbons (Fsp3) is 0.486. The van der Waals surface area contributed by atoms with E-state index in [1.54, 1.807) is 46.2 Å². The van der Waals surface area contributed by atoms with Gasteiger partial charge in [0.1, 0.15) is 6.61 Å². The Morgan fingerprint density at radius 2 is 1.55 bits per heavy atom. The van der Waals surface area contributed by atoms with Crippen LogP contribution in [0.15, 0.2) is 48.5 Å². The Morgan fingerprint density at radius 1 is 0.902 bits per heavy atom. The predicted molar refractivity (Wildman–Crippen MR) is 184 cm³/mol. The number of carbonyl (C=O) groups is 3. The average Bonchev–Trinajstić information content (AvgIpc) is 3.55. The van der Waals surface area contributed by atoms with Crippen LogP contribution in [0.4, 0.5) is 30.8 Å². The van der Waals surface area contributed by atoms with Crippen LogP contribution in [0.5, 0.6) is 6.01 Å². The van der Waals surface area contributed by atoms with Crippen molar-refractivity contribution in [1.82, 2.24) is 30.1 Å². The molecule has 2 aliphatic heterocycles. The monoisotopic (exact) mass is 728 g/mol. The second-order valence-electron chi connectivity index (χ2n) is 14.0. The molecule has 1 saturated carbocycles. The minimum atomic E-state index is -4.40. The summed E-state index contributed by atoms with van der Waals surface area (Å²) in [7, 11) is 0. The lowest BCUT2D eigenvalue weighted by atomic mass is 9.86. The Kier molecular flexibility index (Phi) is 10.3. The van der Waals surface area contributed by atoms with Gasteiger partial charge in [0.25, 0.3) is 5.91 Å². The van der Waals surface area contributed by atoms with E-state index >= 15 is 0 Å². The van der Waals surface area contributed by atoms with Gasteiger partial charge in [-0.2, -0.15) is 28.1 Å². The number of hydrogen-bond acceptors (Lipinski definition) is 9. The number of carbonyl (C=O) groups excluding carboxylic acids is 3. The van der Waals surface area contributed by atoms with Gasteiger partial charge in [-0.15, -0.1) is 0 Å². The minimum Gasteiger partial charge on any atom is -0.463 e. The fourth-order valence-electron chi connectivity index (χ4n) is 6.46. The Bertz CT molecular complexity index is 1760. The van der Waals surface area contributed by atoms with Crippen LogP contribution >= 0.6 is 11.6 Å². The van der Waals surface area contributed by atoms with Crippen LogP contribution in [0.3, 0.4) is 0 Å². The van der Waals surface area contributed by atoms with Gasteiger partial charge in [0.15, 0.2) is 0 Å². The number of nitrogens with zero attached hydrogens (tertiary/aromatic N) is 5. The van der Waals surface area contributed by atoms with Gasteiger partial charge in [0.2, 0.25) is 11.9 Å². The highest BCUT2D eigenvalue weighted by atomic mass is 35.5. The molecule has 0 bridgehead atoms. The number of anilines is 3. The number of aromatic nitrogens is 3. The van der Waals surface area contributed by atoms with Crippen LogP contribution in [-0.4, -0.2) is 88.0 Å². The third-order valence-corrected chi connectivity index (χ3v) is 9.69. The molecule has 16 heteroatoms. The highest BCUT2D eigenvalue weighted by Gasteiger charge is 2.47. The van der Waals surface area contributed by atoms with E-state index in [-0.39, 0.29) is 35.1 Å². The molecule has 0 radical (unpaired) electrons. The quantitative estimate of drug-likeness (QED) is 0.217. The second kappa shape index (κ2) is 14.5. The molecule has 272 valence electrons. The second-order valence-corrected chi connectivity index (χ2v) is 14.4. The van der Waals surface area contributed by atoms with E-state index in [0.29, 0.717) is 55.4 Å². The summed E-state index contributed by atoms with van der Waals surface area (Å²) in [6.45, 7) is 5.61. The first-order chi connectivity index (χ1) is 24.2. The number of alkyl halides is 3. The molecule has 51 heavy (non-hydrogen) atoms. The van der Waals surface area contributed by atoms with Crippen molar-refractivity contribution in [2.24, 2.45) is 11.3 Å². The topological polar surface area (TPSA) is 142 Å². The van der Waals surface area contributed by atoms with Crippen molar-refractivity contribution in [2.45, 2.75) is 57.7 Å². The standard InChI is InChI=1S/C35H40ClF3N8O4/c1-22(2)19-40-27(48)29(50)47-17-14-33(21-47)13-16-46(20-33)28(49)23-3-9-26(10-4-23)41-30-42-31(44-32(43-30)51-18-15-35(37,38)39)45-34(11-12-34)24-5-7-25(36)8-6-24/h3-10,22H,11-21H2,1-2H3,(H,40,48)(H2,41,42,43,44,45). The Labute approximate surface area is 298 Å². The van der Waals surface area contributed by atoms with Crippen LogP contribution < -0.4 is 20.7 Å². The van der Waals surface area contributed by atoms with Crippen LogP contribution in [0.1, 0.15) is 61.9 Å². The number of halogens is 4. The summed E-state index contributed by atoms with van der Waals surface area (Å²) in [5.74, 6) is -0.879. The summed E-state index contributed by atoms with van der Waals surface area (Å²) < 4.78 is 43.7. The van der Waals surface area contributed by atoms with Gasteiger partial charge in [0.05, 0.1) is 12.0 Å². The van der Waals surface area contributed by atoms with E-state index < -0.39 is 36.6 Å². The summed E-state index contributed by atoms with van der Waals surface area (Å²) in [4.78, 5) is 54.8. The Balaban J connectivity index is 1.10. The van der Waals surface area contributed by atoms with Crippen molar-refractivity contribution in [1.29, 1.82) is 0 Å². The molecule has 1 aromatic heterocycles. The maximum Gasteiger partial charge on any atom is 0.392 e. The largest absolute Gasteiger partial charge is 0.463 e. The van der Waals surface area contributed by atoms with Gasteiger partial charge in [-0.25, -0.2) is 0 Å². The van der Waals surface area contributed by atoms with E-state index in [0.717, 1.165) is 24.8 Å². The molecule has 3 heterocycles. The summed E-state index contributed by atoms with van der Waals surface area (Å²) in [6, 6.07) is 13.8. The zero-order chi connectivity index (χ0) is 36.4. The third-order valence-electron chi connectivity index (χ3n) is 9.43. The predicted octanol–water partition coefficient (Wildman–Crippen LogP) is 5.54. The number of amides is 3. The molecule has 2 aromatic carbocycles. The number of rotatable bonds is 11. The lowest BCUT2D eigenvalue weighted by molar-refractivity contribution is -0.145. The van der Waals surface area contributed by atoms with Gasteiger partial charge in [-0.1, -0.05) is 37.6 Å². The molecule has 1 aliphatic carbocycles. The molecule has 3 fully saturated rings. The van der Waals surface area contributed by atoms with Gasteiger partial charge < -0.3 is 30.5 Å². The average molecular weight is 729 g/mol. The molecule has 1 atom stereocenters. The number of nitrogens with one attached hydrogen (secondary N) is 3. The summed E-state index contributed by atoms with van der Waals surface area (Å²) in [5, 5.41) is 9.62. The van der Waals surface area contributed by atoms with E-state index in [2.05, 4.69) is 30.9 Å². The van der Waals surface area contributed by atoms with Gasteiger partial charge in [0, 0.05) is 54.4 Å². The van der Waals surface area contributed by atoms with Gasteiger partial charge >= 0.3 is 24.0 Å². The third kappa shape index (κ3) is 8.99. The zero-order valence-corrected chi connectivity index (χ0v) is 29.1. The fourth-order valence-corrected chi connectivity index (χ4v) is 6.58. The molecule has 3 amide bonds. The molecular weight excluding hydrogens is 689 g/mol. The van der Waals surface area contributed by atoms with Crippen molar-refractivity contribution in [2.75, 3.05) is 50.0 Å². The number of ether oxygens (including phenoxy) is 1. The first-order valence-corrected chi connectivity index (χ1v) is 17.3. The summed E-state index contributed by atoms with van der Waals surface area (Å²) in [5.41, 5.74) is 1.25. The van der Waals surface area contributed by atoms with Crippen LogP contribution in [0.25, 0.3) is 0 Å². The zero-order valence-electron chi connectivity index (χ0n) is 28.4. The maximum absolute atomic E-state index is 13.5. The number of likely N-dealkylation sites (tertiary alicyclic amines) is 2. The van der Waals surface area contributed by atoms with E-state index in [1.165, 1.54) is 0 Å². The molecule has 3 N–H and O–H groups in total. The molecule has 3 aromatic rings. The summed E-state index contributed by atoms with van der Waals surface area (Å²) >= 11 is 6.06. The van der Waals surface area contributed by atoms with Crippen molar-refractivity contribution in [3.8, 4) is 6.01 Å². The Hall–Kier alpha value is -4.66. The molecule has 3 aliphatic rings. The molecule has 12 nitrogen and oxygen atoms in total.